The highest BCUT2D eigenvalue weighted by Gasteiger charge is 1.96. The highest BCUT2D eigenvalue weighted by atomic mass is 16.4. The fourth-order valence-corrected chi connectivity index (χ4v) is 0.560. The van der Waals surface area contributed by atoms with Crippen molar-refractivity contribution in [2.24, 2.45) is 0 Å². The highest BCUT2D eigenvalue weighted by Crippen LogP contribution is 1.89. The third kappa shape index (κ3) is 6.57. The van der Waals surface area contributed by atoms with E-state index in [0.717, 1.165) is 0 Å². The Kier molecular flexibility index (Phi) is 4.81. The van der Waals surface area contributed by atoms with Crippen molar-refractivity contribution in [1.29, 1.82) is 0 Å². The first-order chi connectivity index (χ1) is 5.16. The molecular weight excluding hydrogens is 146 g/mol. The third-order valence-corrected chi connectivity index (χ3v) is 1.10. The second kappa shape index (κ2) is 5.46. The number of amides is 1. The summed E-state index contributed by atoms with van der Waals surface area (Å²) in [7, 11) is 0. The molecular formula is C7H11NO3. The van der Waals surface area contributed by atoms with Crippen molar-refractivity contribution < 1.29 is 14.7 Å². The minimum absolute atomic E-state index is 0.0582. The predicted octanol–water partition coefficient (Wildman–Crippen LogP) is 0.789. The summed E-state index contributed by atoms with van der Waals surface area (Å²) in [6, 6.07) is 0. The van der Waals surface area contributed by atoms with Crippen LogP contribution in [0.15, 0.2) is 12.7 Å². The minimum atomic E-state index is -1.06. The van der Waals surface area contributed by atoms with Crippen LogP contribution >= 0.6 is 0 Å². The average Bonchev–Trinajstić information content (AvgIpc) is 1.97. The summed E-state index contributed by atoms with van der Waals surface area (Å²) in [6.45, 7) is 3.60. The van der Waals surface area contributed by atoms with Crippen molar-refractivity contribution in [1.82, 2.24) is 5.32 Å². The summed E-state index contributed by atoms with van der Waals surface area (Å²) in [5.74, 6) is -0.0582. The predicted molar refractivity (Wildman–Crippen MR) is 40.5 cm³/mol. The van der Waals surface area contributed by atoms with Crippen molar-refractivity contribution in [3.8, 4) is 0 Å². The summed E-state index contributed by atoms with van der Waals surface area (Å²) in [4.78, 5) is 20.5. The van der Waals surface area contributed by atoms with Crippen LogP contribution in [-0.4, -0.2) is 23.5 Å². The molecule has 4 heteroatoms. The van der Waals surface area contributed by atoms with Gasteiger partial charge in [-0.15, -0.1) is 0 Å². The first-order valence-electron chi connectivity index (χ1n) is 3.29. The zero-order chi connectivity index (χ0) is 8.69. The molecule has 0 spiro atoms. The van der Waals surface area contributed by atoms with Crippen LogP contribution in [0.25, 0.3) is 0 Å². The Morgan fingerprint density at radius 3 is 2.64 bits per heavy atom. The fourth-order valence-electron chi connectivity index (χ4n) is 0.560. The summed E-state index contributed by atoms with van der Waals surface area (Å²) in [5, 5.41) is 10.3. The van der Waals surface area contributed by atoms with Crippen LogP contribution in [0.4, 0.5) is 4.79 Å². The van der Waals surface area contributed by atoms with Gasteiger partial charge in [0.25, 0.3) is 0 Å². The molecule has 62 valence electrons. The first-order valence-corrected chi connectivity index (χ1v) is 3.29. The van der Waals surface area contributed by atoms with Crippen molar-refractivity contribution >= 4 is 11.9 Å². The molecule has 0 rings (SSSR count). The molecule has 1 amide bonds. The Balaban J connectivity index is 3.21. The molecule has 0 aromatic heterocycles. The number of nitrogens with one attached hydrogen (secondary N) is 1. The van der Waals surface area contributed by atoms with E-state index in [4.69, 9.17) is 5.11 Å². The molecule has 0 fully saturated rings. The van der Waals surface area contributed by atoms with Gasteiger partial charge in [-0.1, -0.05) is 6.58 Å². The second-order valence-electron chi connectivity index (χ2n) is 2.01. The Labute approximate surface area is 64.9 Å². The average molecular weight is 157 g/mol. The molecule has 0 heterocycles. The van der Waals surface area contributed by atoms with Gasteiger partial charge in [-0.25, -0.2) is 4.79 Å². The van der Waals surface area contributed by atoms with Crippen LogP contribution in [-0.2, 0) is 4.79 Å². The van der Waals surface area contributed by atoms with Gasteiger partial charge in [0.05, 0.1) is 0 Å². The number of ketones is 1. The van der Waals surface area contributed by atoms with Gasteiger partial charge in [0.15, 0.2) is 5.78 Å². The molecule has 4 nitrogen and oxygen atoms in total. The lowest BCUT2D eigenvalue weighted by atomic mass is 10.2. The zero-order valence-electron chi connectivity index (χ0n) is 6.17. The number of hydrogen-bond acceptors (Lipinski definition) is 2. The van der Waals surface area contributed by atoms with E-state index in [9.17, 15) is 9.59 Å². The maximum Gasteiger partial charge on any atom is 0.404 e. The molecule has 0 aliphatic rings. The van der Waals surface area contributed by atoms with Gasteiger partial charge in [0.2, 0.25) is 0 Å². The molecule has 0 aliphatic carbocycles. The van der Waals surface area contributed by atoms with Crippen LogP contribution in [0.5, 0.6) is 0 Å². The number of carboxylic acid groups (broad SMARTS) is 1. The van der Waals surface area contributed by atoms with Crippen molar-refractivity contribution in [3.63, 3.8) is 0 Å². The molecule has 0 aliphatic heterocycles. The first kappa shape index (κ1) is 9.68. The molecule has 0 unspecified atom stereocenters. The molecule has 0 aromatic carbocycles. The number of carbonyl (C=O) groups is 2. The van der Waals surface area contributed by atoms with Crippen molar-refractivity contribution in [2.75, 3.05) is 6.54 Å². The van der Waals surface area contributed by atoms with E-state index in [1.54, 1.807) is 0 Å². The Morgan fingerprint density at radius 2 is 2.18 bits per heavy atom. The van der Waals surface area contributed by atoms with E-state index >= 15 is 0 Å². The maximum atomic E-state index is 10.6. The van der Waals surface area contributed by atoms with Crippen LogP contribution in [0.2, 0.25) is 0 Å². The molecule has 0 saturated heterocycles. The summed E-state index contributed by atoms with van der Waals surface area (Å²) in [5.41, 5.74) is 0. The van der Waals surface area contributed by atoms with Gasteiger partial charge in [-0.2, -0.15) is 0 Å². The number of carbonyl (C=O) groups excluding carboxylic acids is 1. The Morgan fingerprint density at radius 1 is 1.55 bits per heavy atom. The minimum Gasteiger partial charge on any atom is -0.465 e. The van der Waals surface area contributed by atoms with Gasteiger partial charge >= 0.3 is 6.09 Å². The number of allylic oxidation sites excluding steroid dienone is 1. The quantitative estimate of drug-likeness (QED) is 0.458. The largest absolute Gasteiger partial charge is 0.465 e. The lowest BCUT2D eigenvalue weighted by molar-refractivity contribution is -0.114. The van der Waals surface area contributed by atoms with Crippen LogP contribution in [0.3, 0.4) is 0 Å². The van der Waals surface area contributed by atoms with E-state index in [0.29, 0.717) is 19.4 Å². The van der Waals surface area contributed by atoms with E-state index in [1.165, 1.54) is 6.08 Å². The molecule has 2 N–H and O–H groups in total. The Bertz CT molecular complexity index is 165. The normalized spacial score (nSPS) is 8.73. The lowest BCUT2D eigenvalue weighted by Gasteiger charge is -1.97. The third-order valence-electron chi connectivity index (χ3n) is 1.10. The van der Waals surface area contributed by atoms with Crippen molar-refractivity contribution in [3.05, 3.63) is 12.7 Å². The van der Waals surface area contributed by atoms with Gasteiger partial charge in [0, 0.05) is 13.0 Å². The fraction of sp³-hybridized carbons (Fsp3) is 0.429. The van der Waals surface area contributed by atoms with Crippen LogP contribution in [0, 0.1) is 0 Å². The monoisotopic (exact) mass is 157 g/mol. The molecule has 11 heavy (non-hydrogen) atoms. The van der Waals surface area contributed by atoms with Gasteiger partial charge < -0.3 is 10.4 Å². The summed E-state index contributed by atoms with van der Waals surface area (Å²) < 4.78 is 0. The van der Waals surface area contributed by atoms with Gasteiger partial charge in [-0.3, -0.25) is 4.79 Å². The van der Waals surface area contributed by atoms with Crippen molar-refractivity contribution in [2.45, 2.75) is 12.8 Å². The van der Waals surface area contributed by atoms with Gasteiger partial charge in [-0.05, 0) is 12.5 Å². The Hall–Kier alpha value is -1.32. The highest BCUT2D eigenvalue weighted by molar-refractivity contribution is 5.88. The lowest BCUT2D eigenvalue weighted by Crippen LogP contribution is -2.22. The smallest absolute Gasteiger partial charge is 0.404 e. The van der Waals surface area contributed by atoms with Crippen LogP contribution in [0.1, 0.15) is 12.8 Å². The maximum absolute atomic E-state index is 10.6. The molecule has 0 atom stereocenters. The molecule has 0 bridgehead atoms. The number of hydrogen-bond donors (Lipinski definition) is 2. The van der Waals surface area contributed by atoms with E-state index in [-0.39, 0.29) is 5.78 Å². The van der Waals surface area contributed by atoms with E-state index in [1.807, 2.05) is 0 Å². The topological polar surface area (TPSA) is 66.4 Å². The van der Waals surface area contributed by atoms with E-state index in [2.05, 4.69) is 11.9 Å². The van der Waals surface area contributed by atoms with Gasteiger partial charge in [0.1, 0.15) is 0 Å². The van der Waals surface area contributed by atoms with Crippen LogP contribution < -0.4 is 5.32 Å². The molecule has 0 aromatic rings. The number of rotatable bonds is 5. The standard InChI is InChI=1S/C7H11NO3/c1-2-6(9)4-3-5-8-7(10)11/h2,8H,1,3-5H2,(H,10,11). The molecule has 0 saturated carbocycles. The SMILES string of the molecule is C=CC(=O)CCCNC(=O)O. The van der Waals surface area contributed by atoms with E-state index < -0.39 is 6.09 Å². The summed E-state index contributed by atoms with van der Waals surface area (Å²) >= 11 is 0. The zero-order valence-corrected chi connectivity index (χ0v) is 6.17. The molecule has 0 radical (unpaired) electrons. The summed E-state index contributed by atoms with van der Waals surface area (Å²) in [6.07, 6.45) is 1.05. The second-order valence-corrected chi connectivity index (χ2v) is 2.01.